The van der Waals surface area contributed by atoms with E-state index in [-0.39, 0.29) is 18.9 Å². The van der Waals surface area contributed by atoms with Crippen LogP contribution in [-0.4, -0.2) is 33.0 Å². The van der Waals surface area contributed by atoms with Gasteiger partial charge in [0.1, 0.15) is 5.65 Å². The number of amides is 1. The second kappa shape index (κ2) is 7.44. The van der Waals surface area contributed by atoms with Crippen molar-refractivity contribution in [3.05, 3.63) is 58.3 Å². The number of fused-ring (bicyclic) bond motifs is 1. The number of hydrogen-bond donors (Lipinski definition) is 2. The number of carbonyl (C=O) groups is 1. The van der Waals surface area contributed by atoms with Crippen LogP contribution in [0.5, 0.6) is 0 Å². The van der Waals surface area contributed by atoms with Crippen molar-refractivity contribution in [3.8, 4) is 11.3 Å². The molecule has 0 aliphatic rings. The highest BCUT2D eigenvalue weighted by Gasteiger charge is 2.17. The van der Waals surface area contributed by atoms with Crippen LogP contribution in [0.3, 0.4) is 0 Å². The molecule has 1 atom stereocenters. The molecule has 0 aliphatic carbocycles. The summed E-state index contributed by atoms with van der Waals surface area (Å²) in [6.45, 7) is 1.82. The van der Waals surface area contributed by atoms with Crippen LogP contribution < -0.4 is 5.32 Å². The molecule has 2 heterocycles. The van der Waals surface area contributed by atoms with E-state index in [2.05, 4.69) is 10.3 Å². The fraction of sp³-hybridized carbons (Fsp3) is 0.222. The second-order valence-corrected chi connectivity index (χ2v) is 6.69. The molecule has 0 bridgehead atoms. The molecule has 0 saturated heterocycles. The minimum absolute atomic E-state index is 0.117. The predicted octanol–water partition coefficient (Wildman–Crippen LogP) is 3.35. The van der Waals surface area contributed by atoms with E-state index in [1.807, 2.05) is 16.5 Å². The van der Waals surface area contributed by atoms with E-state index in [4.69, 9.17) is 23.2 Å². The molecule has 0 radical (unpaired) electrons. The maximum absolute atomic E-state index is 12.3. The molecule has 130 valence electrons. The number of pyridine rings is 1. The van der Waals surface area contributed by atoms with Gasteiger partial charge in [-0.25, -0.2) is 4.98 Å². The highest BCUT2D eigenvalue weighted by Crippen LogP contribution is 2.27. The van der Waals surface area contributed by atoms with Crippen molar-refractivity contribution in [2.75, 3.05) is 6.54 Å². The first-order valence-electron chi connectivity index (χ1n) is 7.81. The summed E-state index contributed by atoms with van der Waals surface area (Å²) in [5.41, 5.74) is 2.99. The molecule has 3 aromatic rings. The Hall–Kier alpha value is -2.08. The van der Waals surface area contributed by atoms with Crippen molar-refractivity contribution in [1.29, 1.82) is 0 Å². The lowest BCUT2D eigenvalue weighted by atomic mass is 10.1. The highest BCUT2D eigenvalue weighted by molar-refractivity contribution is 6.30. The van der Waals surface area contributed by atoms with Crippen molar-refractivity contribution < 1.29 is 9.90 Å². The van der Waals surface area contributed by atoms with E-state index in [1.54, 1.807) is 37.4 Å². The fourth-order valence-electron chi connectivity index (χ4n) is 2.55. The number of aliphatic hydroxyl groups excluding tert-OH is 1. The molecule has 25 heavy (non-hydrogen) atoms. The number of rotatable bonds is 5. The van der Waals surface area contributed by atoms with Gasteiger partial charge in [-0.15, -0.1) is 0 Å². The van der Waals surface area contributed by atoms with Gasteiger partial charge in [0.2, 0.25) is 5.91 Å². The fourth-order valence-corrected chi connectivity index (χ4v) is 2.84. The zero-order valence-corrected chi connectivity index (χ0v) is 15.1. The Kier molecular flexibility index (Phi) is 5.27. The number of hydrogen-bond acceptors (Lipinski definition) is 3. The summed E-state index contributed by atoms with van der Waals surface area (Å²) in [4.78, 5) is 16.9. The van der Waals surface area contributed by atoms with Crippen LogP contribution in [0.1, 0.15) is 12.6 Å². The molecule has 7 heteroatoms. The van der Waals surface area contributed by atoms with Crippen molar-refractivity contribution >= 4 is 34.8 Å². The van der Waals surface area contributed by atoms with Gasteiger partial charge in [0.15, 0.2) is 0 Å². The third-order valence-corrected chi connectivity index (χ3v) is 4.20. The van der Waals surface area contributed by atoms with Gasteiger partial charge in [-0.2, -0.15) is 0 Å². The predicted molar refractivity (Wildman–Crippen MR) is 99.0 cm³/mol. The molecule has 0 unspecified atom stereocenters. The summed E-state index contributed by atoms with van der Waals surface area (Å²) >= 11 is 12.1. The summed E-state index contributed by atoms with van der Waals surface area (Å²) in [5.74, 6) is -0.196. The first-order valence-corrected chi connectivity index (χ1v) is 8.57. The van der Waals surface area contributed by atoms with Gasteiger partial charge >= 0.3 is 0 Å². The quantitative estimate of drug-likeness (QED) is 0.716. The topological polar surface area (TPSA) is 66.6 Å². The number of nitrogens with one attached hydrogen (secondary N) is 1. The van der Waals surface area contributed by atoms with Crippen LogP contribution in [-0.2, 0) is 11.2 Å². The van der Waals surface area contributed by atoms with Crippen LogP contribution in [0.4, 0.5) is 0 Å². The lowest BCUT2D eigenvalue weighted by Gasteiger charge is -2.09. The Labute approximate surface area is 155 Å². The van der Waals surface area contributed by atoms with Crippen LogP contribution in [0.15, 0.2) is 42.6 Å². The van der Waals surface area contributed by atoms with Crippen LogP contribution >= 0.6 is 23.2 Å². The van der Waals surface area contributed by atoms with Gasteiger partial charge in [-0.1, -0.05) is 35.3 Å². The van der Waals surface area contributed by atoms with Gasteiger partial charge in [0.25, 0.3) is 0 Å². The van der Waals surface area contributed by atoms with Gasteiger partial charge < -0.3 is 14.8 Å². The van der Waals surface area contributed by atoms with E-state index < -0.39 is 6.10 Å². The normalized spacial score (nSPS) is 12.3. The molecule has 1 amide bonds. The van der Waals surface area contributed by atoms with Gasteiger partial charge in [-0.05, 0) is 31.2 Å². The molecule has 3 rings (SSSR count). The third-order valence-electron chi connectivity index (χ3n) is 3.72. The van der Waals surface area contributed by atoms with Crippen molar-refractivity contribution in [3.63, 3.8) is 0 Å². The monoisotopic (exact) mass is 377 g/mol. The first-order chi connectivity index (χ1) is 11.9. The van der Waals surface area contributed by atoms with E-state index in [0.29, 0.717) is 21.4 Å². The molecule has 0 spiro atoms. The number of aliphatic hydroxyl groups is 1. The van der Waals surface area contributed by atoms with Gasteiger partial charge in [0, 0.05) is 23.3 Å². The number of aromatic nitrogens is 2. The summed E-state index contributed by atoms with van der Waals surface area (Å²) in [6.07, 6.45) is 1.25. The Morgan fingerprint density at radius 1 is 1.20 bits per heavy atom. The largest absolute Gasteiger partial charge is 0.392 e. The zero-order chi connectivity index (χ0) is 18.0. The molecule has 1 aromatic carbocycles. The SMILES string of the molecule is C[C@H](O)CNC(=O)Cc1c(-c2ccc(Cl)cc2)nc2ccc(Cl)cn12. The molecule has 2 N–H and O–H groups in total. The number of nitrogens with zero attached hydrogens (tertiary/aromatic N) is 2. The first kappa shape index (κ1) is 17.7. The Morgan fingerprint density at radius 3 is 2.56 bits per heavy atom. The average molecular weight is 378 g/mol. The van der Waals surface area contributed by atoms with Gasteiger partial charge in [-0.3, -0.25) is 4.79 Å². The van der Waals surface area contributed by atoms with Crippen molar-refractivity contribution in [1.82, 2.24) is 14.7 Å². The minimum atomic E-state index is -0.601. The zero-order valence-electron chi connectivity index (χ0n) is 13.5. The summed E-state index contributed by atoms with van der Waals surface area (Å²) in [6, 6.07) is 10.9. The van der Waals surface area contributed by atoms with Crippen molar-refractivity contribution in [2.45, 2.75) is 19.4 Å². The molecule has 2 aromatic heterocycles. The summed E-state index contributed by atoms with van der Waals surface area (Å²) in [5, 5.41) is 13.2. The molecule has 0 saturated carbocycles. The van der Waals surface area contributed by atoms with E-state index in [9.17, 15) is 9.90 Å². The number of benzene rings is 1. The lowest BCUT2D eigenvalue weighted by molar-refractivity contribution is -0.120. The minimum Gasteiger partial charge on any atom is -0.392 e. The number of imidazole rings is 1. The molecular weight excluding hydrogens is 361 g/mol. The van der Waals surface area contributed by atoms with Crippen LogP contribution in [0.2, 0.25) is 10.0 Å². The molecule has 0 fully saturated rings. The Morgan fingerprint density at radius 2 is 1.88 bits per heavy atom. The van der Waals surface area contributed by atoms with E-state index >= 15 is 0 Å². The third kappa shape index (κ3) is 4.12. The Balaban J connectivity index is 2.03. The van der Waals surface area contributed by atoms with Crippen LogP contribution in [0.25, 0.3) is 16.9 Å². The maximum atomic E-state index is 12.3. The number of halogens is 2. The smallest absolute Gasteiger partial charge is 0.226 e. The Bertz CT molecular complexity index is 905. The van der Waals surface area contributed by atoms with Crippen molar-refractivity contribution in [2.24, 2.45) is 0 Å². The molecule has 5 nitrogen and oxygen atoms in total. The maximum Gasteiger partial charge on any atom is 0.226 e. The van der Waals surface area contributed by atoms with Gasteiger partial charge in [0.05, 0.1) is 28.9 Å². The van der Waals surface area contributed by atoms with E-state index in [0.717, 1.165) is 11.3 Å². The highest BCUT2D eigenvalue weighted by atomic mass is 35.5. The standard InChI is InChI=1S/C18H17Cl2N3O2/c1-11(24)9-21-17(25)8-15-18(12-2-4-13(19)5-3-12)22-16-7-6-14(20)10-23(15)16/h2-7,10-11,24H,8-9H2,1H3,(H,21,25)/t11-/m0/s1. The molecular formula is C18H17Cl2N3O2. The second-order valence-electron chi connectivity index (χ2n) is 5.82. The molecule has 0 aliphatic heterocycles. The summed E-state index contributed by atoms with van der Waals surface area (Å²) < 4.78 is 1.81. The number of carbonyl (C=O) groups excluding carboxylic acids is 1. The summed E-state index contributed by atoms with van der Waals surface area (Å²) in [7, 11) is 0. The van der Waals surface area contributed by atoms with Crippen LogP contribution in [0, 0.1) is 0 Å². The lowest BCUT2D eigenvalue weighted by Crippen LogP contribution is -2.32. The van der Waals surface area contributed by atoms with E-state index in [1.165, 1.54) is 0 Å². The average Bonchev–Trinajstić information content (AvgIpc) is 2.91.